The van der Waals surface area contributed by atoms with Gasteiger partial charge in [0.15, 0.2) is 14.5 Å². The summed E-state index contributed by atoms with van der Waals surface area (Å²) >= 11 is 3.47. The monoisotopic (exact) mass is 416 g/mol. The van der Waals surface area contributed by atoms with E-state index in [9.17, 15) is 19.2 Å². The third-order valence-electron chi connectivity index (χ3n) is 3.33. The first-order chi connectivity index (χ1) is 12.1. The Morgan fingerprint density at radius 3 is 2.42 bits per heavy atom. The van der Waals surface area contributed by atoms with Crippen molar-refractivity contribution in [2.75, 3.05) is 11.5 Å². The molecule has 1 atom stereocenters. The van der Waals surface area contributed by atoms with Gasteiger partial charge in [0.25, 0.3) is 5.56 Å². The predicted molar refractivity (Wildman–Crippen MR) is 101 cm³/mol. The molecule has 2 heterocycles. The predicted octanol–water partition coefficient (Wildman–Crippen LogP) is -0.541. The molecule has 26 heavy (non-hydrogen) atoms. The summed E-state index contributed by atoms with van der Waals surface area (Å²) in [6, 6.07) is 0. The SMILES string of the molecule is CC(Sc1nnc(SCC(N)=O)s1)C(=O)c1c(N)n(C)c(=O)n(C)c1=O. The molecule has 0 spiro atoms. The number of anilines is 1. The van der Waals surface area contributed by atoms with Gasteiger partial charge in [0.1, 0.15) is 11.4 Å². The van der Waals surface area contributed by atoms with Crippen LogP contribution in [0.3, 0.4) is 0 Å². The minimum absolute atomic E-state index is 0.0817. The summed E-state index contributed by atoms with van der Waals surface area (Å²) in [5.74, 6) is -1.07. The van der Waals surface area contributed by atoms with Gasteiger partial charge >= 0.3 is 5.69 Å². The lowest BCUT2D eigenvalue weighted by Gasteiger charge is -2.13. The molecule has 2 aromatic heterocycles. The maximum atomic E-state index is 12.7. The lowest BCUT2D eigenvalue weighted by Crippen LogP contribution is -2.42. The van der Waals surface area contributed by atoms with Gasteiger partial charge in [-0.25, -0.2) is 4.79 Å². The van der Waals surface area contributed by atoms with Gasteiger partial charge < -0.3 is 11.5 Å². The summed E-state index contributed by atoms with van der Waals surface area (Å²) in [5, 5.41) is 7.17. The number of hydrogen-bond donors (Lipinski definition) is 2. The van der Waals surface area contributed by atoms with Crippen LogP contribution in [0.25, 0.3) is 0 Å². The fourth-order valence-electron chi connectivity index (χ4n) is 1.94. The average molecular weight is 417 g/mol. The van der Waals surface area contributed by atoms with Crippen LogP contribution in [0.15, 0.2) is 18.3 Å². The molecule has 0 saturated carbocycles. The molecule has 1 amide bonds. The highest BCUT2D eigenvalue weighted by Crippen LogP contribution is 2.32. The third-order valence-corrected chi connectivity index (χ3v) is 6.59. The van der Waals surface area contributed by atoms with Gasteiger partial charge in [0, 0.05) is 14.1 Å². The van der Waals surface area contributed by atoms with E-state index in [0.717, 1.165) is 32.7 Å². The van der Waals surface area contributed by atoms with Crippen molar-refractivity contribution in [1.82, 2.24) is 19.3 Å². The number of nitrogen functional groups attached to an aromatic ring is 1. The number of thioether (sulfide) groups is 2. The fraction of sp³-hybridized carbons (Fsp3) is 0.385. The quantitative estimate of drug-likeness (QED) is 0.447. The Balaban J connectivity index is 2.22. The van der Waals surface area contributed by atoms with Crippen molar-refractivity contribution < 1.29 is 9.59 Å². The number of hydrogen-bond acceptors (Lipinski definition) is 10. The molecule has 10 nitrogen and oxygen atoms in total. The Bertz CT molecular complexity index is 979. The molecule has 0 saturated heterocycles. The first kappa shape index (κ1) is 20.2. The Labute approximate surface area is 160 Å². The second-order valence-electron chi connectivity index (χ2n) is 5.18. The zero-order valence-electron chi connectivity index (χ0n) is 14.1. The number of ketones is 1. The molecular weight excluding hydrogens is 400 g/mol. The zero-order valence-corrected chi connectivity index (χ0v) is 16.5. The van der Waals surface area contributed by atoms with Crippen molar-refractivity contribution in [3.8, 4) is 0 Å². The minimum Gasteiger partial charge on any atom is -0.384 e. The number of amides is 1. The summed E-state index contributed by atoms with van der Waals surface area (Å²) in [7, 11) is 2.67. The molecule has 0 bridgehead atoms. The number of rotatable bonds is 7. The van der Waals surface area contributed by atoms with E-state index in [4.69, 9.17) is 11.5 Å². The largest absolute Gasteiger partial charge is 0.384 e. The van der Waals surface area contributed by atoms with Crippen LogP contribution in [0.5, 0.6) is 0 Å². The van der Waals surface area contributed by atoms with Crippen LogP contribution in [-0.2, 0) is 18.9 Å². The summed E-state index contributed by atoms with van der Waals surface area (Å²) in [4.78, 5) is 47.6. The molecule has 2 aromatic rings. The van der Waals surface area contributed by atoms with Crippen molar-refractivity contribution in [3.63, 3.8) is 0 Å². The number of primary amides is 1. The first-order valence-corrected chi connectivity index (χ1v) is 9.82. The number of aromatic nitrogens is 4. The van der Waals surface area contributed by atoms with Gasteiger partial charge in [-0.2, -0.15) is 0 Å². The molecule has 0 fully saturated rings. The van der Waals surface area contributed by atoms with E-state index in [1.54, 1.807) is 6.92 Å². The summed E-state index contributed by atoms with van der Waals surface area (Å²) in [6.45, 7) is 1.61. The van der Waals surface area contributed by atoms with E-state index in [1.807, 2.05) is 0 Å². The molecule has 13 heteroatoms. The molecule has 2 rings (SSSR count). The Kier molecular flexibility index (Phi) is 6.26. The number of Topliss-reactive ketones (excluding diaryl/α,β-unsaturated/α-hetero) is 1. The Morgan fingerprint density at radius 1 is 1.19 bits per heavy atom. The Morgan fingerprint density at radius 2 is 1.81 bits per heavy atom. The van der Waals surface area contributed by atoms with E-state index in [1.165, 1.54) is 25.4 Å². The molecule has 0 radical (unpaired) electrons. The second kappa shape index (κ2) is 8.05. The minimum atomic E-state index is -0.738. The molecule has 4 N–H and O–H groups in total. The van der Waals surface area contributed by atoms with Crippen LogP contribution in [0.1, 0.15) is 17.3 Å². The molecule has 0 aromatic carbocycles. The highest BCUT2D eigenvalue weighted by molar-refractivity contribution is 8.04. The number of nitrogens with zero attached hydrogens (tertiary/aromatic N) is 4. The van der Waals surface area contributed by atoms with Gasteiger partial charge in [-0.05, 0) is 6.92 Å². The van der Waals surface area contributed by atoms with Crippen molar-refractivity contribution >= 4 is 52.4 Å². The van der Waals surface area contributed by atoms with Crippen molar-refractivity contribution in [3.05, 3.63) is 26.4 Å². The van der Waals surface area contributed by atoms with Crippen LogP contribution in [0, 0.1) is 0 Å². The van der Waals surface area contributed by atoms with Gasteiger partial charge in [0.2, 0.25) is 5.91 Å². The number of carbonyl (C=O) groups excluding carboxylic acids is 2. The topological polar surface area (TPSA) is 156 Å². The Hall–Kier alpha value is -2.12. The van der Waals surface area contributed by atoms with E-state index >= 15 is 0 Å². The van der Waals surface area contributed by atoms with Crippen molar-refractivity contribution in [2.24, 2.45) is 19.8 Å². The number of nitrogens with two attached hydrogens (primary N) is 2. The molecule has 0 aliphatic rings. The highest BCUT2D eigenvalue weighted by Gasteiger charge is 2.26. The van der Waals surface area contributed by atoms with Gasteiger partial charge in [-0.15, -0.1) is 10.2 Å². The molecule has 0 aliphatic carbocycles. The third kappa shape index (κ3) is 4.16. The second-order valence-corrected chi connectivity index (χ2v) is 8.97. The van der Waals surface area contributed by atoms with Crippen LogP contribution in [0.2, 0.25) is 0 Å². The van der Waals surface area contributed by atoms with E-state index in [-0.39, 0.29) is 17.1 Å². The molecular formula is C13H16N6O4S3. The summed E-state index contributed by atoms with van der Waals surface area (Å²) < 4.78 is 2.93. The zero-order chi connectivity index (χ0) is 19.6. The molecule has 140 valence electrons. The summed E-state index contributed by atoms with van der Waals surface area (Å²) in [6.07, 6.45) is 0. The average Bonchev–Trinajstić information content (AvgIpc) is 3.03. The van der Waals surface area contributed by atoms with Crippen LogP contribution >= 0.6 is 34.9 Å². The first-order valence-electron chi connectivity index (χ1n) is 7.14. The normalized spacial score (nSPS) is 12.1. The highest BCUT2D eigenvalue weighted by atomic mass is 32.2. The van der Waals surface area contributed by atoms with Crippen LogP contribution in [0.4, 0.5) is 5.82 Å². The lowest BCUT2D eigenvalue weighted by molar-refractivity contribution is -0.115. The van der Waals surface area contributed by atoms with Gasteiger partial charge in [0.05, 0.1) is 11.0 Å². The lowest BCUT2D eigenvalue weighted by atomic mass is 10.1. The smallest absolute Gasteiger partial charge is 0.332 e. The van der Waals surface area contributed by atoms with Crippen LogP contribution in [-0.4, -0.2) is 42.0 Å². The van der Waals surface area contributed by atoms with E-state index < -0.39 is 28.2 Å². The maximum absolute atomic E-state index is 12.7. The van der Waals surface area contributed by atoms with Gasteiger partial charge in [-0.1, -0.05) is 34.9 Å². The number of carbonyl (C=O) groups is 2. The van der Waals surface area contributed by atoms with Crippen molar-refractivity contribution in [2.45, 2.75) is 20.9 Å². The van der Waals surface area contributed by atoms with Gasteiger partial charge in [-0.3, -0.25) is 23.5 Å². The maximum Gasteiger partial charge on any atom is 0.332 e. The van der Waals surface area contributed by atoms with E-state index in [0.29, 0.717) is 8.68 Å². The molecule has 0 aliphatic heterocycles. The summed E-state index contributed by atoms with van der Waals surface area (Å²) in [5.41, 5.74) is 9.30. The van der Waals surface area contributed by atoms with Crippen molar-refractivity contribution in [1.29, 1.82) is 0 Å². The fourth-order valence-corrected chi connectivity index (χ4v) is 4.90. The van der Waals surface area contributed by atoms with E-state index in [2.05, 4.69) is 10.2 Å². The standard InChI is InChI=1S/C13H16N6O4S3/c1-5(25-12-17-16-11(26-12)24-4-6(14)20)8(21)7-9(15)18(2)13(23)19(3)10(7)22/h5H,4,15H2,1-3H3,(H2,14,20). The molecule has 1 unspecified atom stereocenters. The van der Waals surface area contributed by atoms with Crippen LogP contribution < -0.4 is 22.7 Å².